The zero-order chi connectivity index (χ0) is 27.3. The van der Waals surface area contributed by atoms with Gasteiger partial charge in [0.15, 0.2) is 0 Å². The smallest absolute Gasteiger partial charge is 0.240 e. The maximum atomic E-state index is 13.3. The number of halogens is 3. The molecule has 40 heavy (non-hydrogen) atoms. The van der Waals surface area contributed by atoms with E-state index < -0.39 is 0 Å². The van der Waals surface area contributed by atoms with Crippen LogP contribution >= 0.6 is 35.6 Å². The van der Waals surface area contributed by atoms with Gasteiger partial charge < -0.3 is 20.0 Å². The molecule has 6 rings (SSSR count). The van der Waals surface area contributed by atoms with Crippen LogP contribution in [-0.2, 0) is 9.59 Å². The average molecular weight is 601 g/mol. The Morgan fingerprint density at radius 2 is 1.10 bits per heavy atom. The minimum absolute atomic E-state index is 0. The number of aromatic hydroxyl groups is 2. The van der Waals surface area contributed by atoms with Crippen molar-refractivity contribution in [2.75, 3.05) is 47.7 Å². The van der Waals surface area contributed by atoms with E-state index in [4.69, 9.17) is 23.2 Å². The summed E-state index contributed by atoms with van der Waals surface area (Å²) in [5.41, 5.74) is 3.21. The zero-order valence-electron chi connectivity index (χ0n) is 21.4. The van der Waals surface area contributed by atoms with Crippen LogP contribution in [0.15, 0.2) is 60.7 Å². The van der Waals surface area contributed by atoms with Crippen molar-refractivity contribution < 1.29 is 19.8 Å². The van der Waals surface area contributed by atoms with Crippen molar-refractivity contribution in [3.8, 4) is 11.5 Å². The number of phenols is 2. The summed E-state index contributed by atoms with van der Waals surface area (Å²) in [4.78, 5) is 29.8. The predicted octanol–water partition coefficient (Wildman–Crippen LogP) is 5.45. The number of alkyl halides is 2. The number of amides is 2. The molecule has 0 radical (unpaired) electrons. The van der Waals surface area contributed by atoms with Crippen molar-refractivity contribution in [2.24, 2.45) is 0 Å². The van der Waals surface area contributed by atoms with Crippen LogP contribution in [-0.4, -0.2) is 60.0 Å². The maximum absolute atomic E-state index is 13.3. The minimum Gasteiger partial charge on any atom is -0.507 e. The summed E-state index contributed by atoms with van der Waals surface area (Å²) in [7, 11) is 0. The molecule has 208 valence electrons. The highest BCUT2D eigenvalue weighted by atomic mass is 35.5. The Bertz CT molecular complexity index is 1510. The van der Waals surface area contributed by atoms with E-state index >= 15 is 0 Å². The van der Waals surface area contributed by atoms with Crippen molar-refractivity contribution in [1.82, 2.24) is 5.32 Å². The summed E-state index contributed by atoms with van der Waals surface area (Å²) in [5.74, 6) is 0.355. The van der Waals surface area contributed by atoms with E-state index in [9.17, 15) is 19.8 Å². The van der Waals surface area contributed by atoms with Gasteiger partial charge in [0.25, 0.3) is 0 Å². The van der Waals surface area contributed by atoms with Gasteiger partial charge in [-0.2, -0.15) is 0 Å². The fourth-order valence-corrected chi connectivity index (χ4v) is 6.55. The molecular formula is C30H28Cl3N3O4. The Morgan fingerprint density at radius 3 is 1.48 bits per heavy atom. The minimum atomic E-state index is -0.213. The van der Waals surface area contributed by atoms with Crippen LogP contribution in [0.4, 0.5) is 11.4 Å². The molecule has 2 aliphatic heterocycles. The molecule has 2 amide bonds. The third-order valence-corrected chi connectivity index (χ3v) is 8.56. The van der Waals surface area contributed by atoms with Gasteiger partial charge in [-0.15, -0.1) is 35.6 Å². The van der Waals surface area contributed by atoms with E-state index in [1.807, 2.05) is 48.5 Å². The van der Waals surface area contributed by atoms with Crippen LogP contribution in [0.5, 0.6) is 11.5 Å². The number of hydrogen-bond donors (Lipinski definition) is 3. The Balaban J connectivity index is 0.00000323. The van der Waals surface area contributed by atoms with Gasteiger partial charge in [-0.1, -0.05) is 48.5 Å². The molecule has 2 unspecified atom stereocenters. The fourth-order valence-electron chi connectivity index (χ4n) is 6.04. The molecule has 2 aliphatic rings. The molecule has 0 saturated heterocycles. The summed E-state index contributed by atoms with van der Waals surface area (Å²) >= 11 is 12.6. The molecule has 0 aliphatic carbocycles. The third-order valence-electron chi connectivity index (χ3n) is 7.82. The number of benzene rings is 4. The molecule has 0 saturated carbocycles. The Kier molecular flexibility index (Phi) is 8.02. The molecule has 0 aromatic heterocycles. The average Bonchev–Trinajstić information content (AvgIpc) is 3.52. The summed E-state index contributed by atoms with van der Waals surface area (Å²) in [5, 5.41) is 27.4. The maximum Gasteiger partial charge on any atom is 0.240 e. The van der Waals surface area contributed by atoms with Gasteiger partial charge in [0.2, 0.25) is 11.8 Å². The first-order chi connectivity index (χ1) is 18.9. The van der Waals surface area contributed by atoms with E-state index in [1.165, 1.54) is 0 Å². The second-order valence-electron chi connectivity index (χ2n) is 10.1. The first-order valence-corrected chi connectivity index (χ1v) is 13.9. The van der Waals surface area contributed by atoms with Gasteiger partial charge in [0, 0.05) is 59.6 Å². The number of fused-ring (bicyclic) bond motifs is 6. The largest absolute Gasteiger partial charge is 0.507 e. The van der Waals surface area contributed by atoms with E-state index in [1.54, 1.807) is 21.9 Å². The van der Waals surface area contributed by atoms with Gasteiger partial charge in [0.1, 0.15) is 11.5 Å². The van der Waals surface area contributed by atoms with Gasteiger partial charge >= 0.3 is 0 Å². The zero-order valence-corrected chi connectivity index (χ0v) is 23.8. The molecule has 0 fully saturated rings. The molecule has 0 bridgehead atoms. The number of anilines is 2. The van der Waals surface area contributed by atoms with Gasteiger partial charge in [-0.3, -0.25) is 14.9 Å². The molecular weight excluding hydrogens is 573 g/mol. The van der Waals surface area contributed by atoms with Crippen LogP contribution in [0.3, 0.4) is 0 Å². The predicted molar refractivity (Wildman–Crippen MR) is 163 cm³/mol. The molecule has 4 aromatic carbocycles. The van der Waals surface area contributed by atoms with Crippen LogP contribution in [0.25, 0.3) is 21.5 Å². The second-order valence-corrected chi connectivity index (χ2v) is 10.7. The SMILES string of the molecule is Cl.O=C(CNCC(=O)N1CC(CCl)c2c1cc(O)c1ccccc21)N1CC(CCl)c2c1cc(O)c1ccccc21. The lowest BCUT2D eigenvalue weighted by atomic mass is 9.95. The number of rotatable bonds is 6. The summed E-state index contributed by atoms with van der Waals surface area (Å²) in [6, 6.07) is 18.3. The molecule has 3 N–H and O–H groups in total. The summed E-state index contributed by atoms with van der Waals surface area (Å²) in [6.45, 7) is 0.695. The first kappa shape index (κ1) is 28.3. The number of phenolic OH excluding ortho intramolecular Hbond substituents is 2. The Morgan fingerprint density at radius 1 is 0.725 bits per heavy atom. The Labute approximate surface area is 247 Å². The second kappa shape index (κ2) is 11.3. The molecule has 4 aromatic rings. The topological polar surface area (TPSA) is 93.1 Å². The van der Waals surface area contributed by atoms with Gasteiger partial charge in [0.05, 0.1) is 24.5 Å². The fraction of sp³-hybridized carbons (Fsp3) is 0.267. The van der Waals surface area contributed by atoms with Crippen molar-refractivity contribution in [3.05, 3.63) is 71.8 Å². The van der Waals surface area contributed by atoms with E-state index in [0.29, 0.717) is 36.2 Å². The molecule has 7 nitrogen and oxygen atoms in total. The van der Waals surface area contributed by atoms with Crippen LogP contribution < -0.4 is 15.1 Å². The quantitative estimate of drug-likeness (QED) is 0.256. The number of nitrogens with zero attached hydrogens (tertiary/aromatic N) is 2. The lowest BCUT2D eigenvalue weighted by Gasteiger charge is -2.21. The number of carbonyl (C=O) groups is 2. The summed E-state index contributed by atoms with van der Waals surface area (Å²) in [6.07, 6.45) is 0. The molecule has 2 atom stereocenters. The lowest BCUT2D eigenvalue weighted by Crippen LogP contribution is -2.43. The standard InChI is InChI=1S/C30H27Cl2N3O4.ClH/c31-11-17-15-34(23-9-25(36)19-5-1-3-7-21(19)29(17)23)27(38)13-33-14-28(39)35-16-18(12-32)30-22-8-4-2-6-20(22)26(37)10-24(30)35;/h1-10,17-18,33,36-37H,11-16H2;1H. The van der Waals surface area contributed by atoms with E-state index in [0.717, 1.165) is 32.7 Å². The highest BCUT2D eigenvalue weighted by Gasteiger charge is 2.36. The molecule has 2 heterocycles. The van der Waals surface area contributed by atoms with Crippen molar-refractivity contribution >= 4 is 80.3 Å². The first-order valence-electron chi connectivity index (χ1n) is 12.9. The lowest BCUT2D eigenvalue weighted by molar-refractivity contribution is -0.118. The van der Waals surface area contributed by atoms with Crippen molar-refractivity contribution in [2.45, 2.75) is 11.8 Å². The monoisotopic (exact) mass is 599 g/mol. The van der Waals surface area contributed by atoms with Crippen molar-refractivity contribution in [1.29, 1.82) is 0 Å². The van der Waals surface area contributed by atoms with Crippen LogP contribution in [0, 0.1) is 0 Å². The summed E-state index contributed by atoms with van der Waals surface area (Å²) < 4.78 is 0. The van der Waals surface area contributed by atoms with Gasteiger partial charge in [-0.25, -0.2) is 0 Å². The highest BCUT2D eigenvalue weighted by Crippen LogP contribution is 2.46. The Hall–Kier alpha value is -3.23. The molecule has 10 heteroatoms. The van der Waals surface area contributed by atoms with Crippen LogP contribution in [0.1, 0.15) is 23.0 Å². The number of carbonyl (C=O) groups excluding carboxylic acids is 2. The van der Waals surface area contributed by atoms with Crippen LogP contribution in [0.2, 0.25) is 0 Å². The van der Waals surface area contributed by atoms with E-state index in [2.05, 4.69) is 5.32 Å². The third kappa shape index (κ3) is 4.61. The highest BCUT2D eigenvalue weighted by molar-refractivity contribution is 6.19. The molecule has 0 spiro atoms. The van der Waals surface area contributed by atoms with E-state index in [-0.39, 0.29) is 60.6 Å². The number of nitrogens with one attached hydrogen (secondary N) is 1. The number of hydrogen-bond acceptors (Lipinski definition) is 5. The normalized spacial score (nSPS) is 17.6. The van der Waals surface area contributed by atoms with Crippen molar-refractivity contribution in [3.63, 3.8) is 0 Å². The van der Waals surface area contributed by atoms with Gasteiger partial charge in [-0.05, 0) is 21.9 Å².